The summed E-state index contributed by atoms with van der Waals surface area (Å²) in [7, 11) is 0. The lowest BCUT2D eigenvalue weighted by molar-refractivity contribution is -0.0798. The van der Waals surface area contributed by atoms with E-state index in [4.69, 9.17) is 21.1 Å². The van der Waals surface area contributed by atoms with E-state index in [0.29, 0.717) is 13.4 Å². The first kappa shape index (κ1) is 10.2. The van der Waals surface area contributed by atoms with Crippen molar-refractivity contribution in [2.24, 2.45) is 0 Å². The number of ether oxygens (including phenoxy) is 2. The van der Waals surface area contributed by atoms with Crippen LogP contribution in [0, 0.1) is 0 Å². The van der Waals surface area contributed by atoms with Crippen LogP contribution in [0.1, 0.15) is 20.8 Å². The van der Waals surface area contributed by atoms with Crippen molar-refractivity contribution in [2.75, 3.05) is 13.4 Å². The van der Waals surface area contributed by atoms with Crippen molar-refractivity contribution >= 4 is 11.6 Å². The van der Waals surface area contributed by atoms with Gasteiger partial charge in [0, 0.05) is 6.61 Å². The van der Waals surface area contributed by atoms with Gasteiger partial charge in [-0.3, -0.25) is 0 Å². The van der Waals surface area contributed by atoms with Crippen molar-refractivity contribution in [3.05, 3.63) is 0 Å². The fraction of sp³-hybridized carbons (Fsp3) is 1.00. The molecular weight excluding hydrogens is 152 g/mol. The van der Waals surface area contributed by atoms with Gasteiger partial charge in [-0.05, 0) is 20.8 Å². The van der Waals surface area contributed by atoms with Gasteiger partial charge < -0.3 is 9.47 Å². The van der Waals surface area contributed by atoms with Gasteiger partial charge in [0.05, 0.1) is 11.5 Å². The second kappa shape index (κ2) is 5.96. The molecule has 0 N–H and O–H groups in total. The molecule has 0 aromatic rings. The minimum Gasteiger partial charge on any atom is -0.356 e. The molecule has 0 heterocycles. The monoisotopic (exact) mass is 166 g/mol. The summed E-state index contributed by atoms with van der Waals surface area (Å²) in [5, 5.41) is 0.0421. The third-order valence-electron chi connectivity index (χ3n) is 1.27. The van der Waals surface area contributed by atoms with E-state index in [-0.39, 0.29) is 11.5 Å². The van der Waals surface area contributed by atoms with Crippen LogP contribution >= 0.6 is 11.6 Å². The zero-order valence-corrected chi connectivity index (χ0v) is 7.52. The third kappa shape index (κ3) is 5.03. The Bertz CT molecular complexity index is 76.0. The van der Waals surface area contributed by atoms with Crippen molar-refractivity contribution < 1.29 is 9.47 Å². The molecule has 2 nitrogen and oxygen atoms in total. The van der Waals surface area contributed by atoms with Crippen LogP contribution in [0.4, 0.5) is 0 Å². The maximum Gasteiger partial charge on any atom is 0.147 e. The van der Waals surface area contributed by atoms with Gasteiger partial charge >= 0.3 is 0 Å². The van der Waals surface area contributed by atoms with Gasteiger partial charge in [0.2, 0.25) is 0 Å². The van der Waals surface area contributed by atoms with Gasteiger partial charge in [-0.1, -0.05) is 0 Å². The van der Waals surface area contributed by atoms with Crippen LogP contribution in [0.25, 0.3) is 0 Å². The minimum absolute atomic E-state index is 0.0421. The summed E-state index contributed by atoms with van der Waals surface area (Å²) in [6.45, 7) is 6.78. The van der Waals surface area contributed by atoms with Crippen LogP contribution in [-0.2, 0) is 9.47 Å². The molecule has 62 valence electrons. The van der Waals surface area contributed by atoms with Crippen molar-refractivity contribution in [2.45, 2.75) is 32.3 Å². The molecule has 2 unspecified atom stereocenters. The van der Waals surface area contributed by atoms with E-state index in [1.807, 2.05) is 20.8 Å². The highest BCUT2D eigenvalue weighted by Crippen LogP contribution is 2.04. The first-order valence-electron chi connectivity index (χ1n) is 3.52. The second-order valence-electron chi connectivity index (χ2n) is 2.16. The molecule has 0 aromatic heterocycles. The maximum atomic E-state index is 5.73. The Morgan fingerprint density at radius 2 is 2.00 bits per heavy atom. The molecule has 0 aliphatic carbocycles. The van der Waals surface area contributed by atoms with Gasteiger partial charge in [-0.15, -0.1) is 11.6 Å². The highest BCUT2D eigenvalue weighted by Gasteiger charge is 2.07. The van der Waals surface area contributed by atoms with Gasteiger partial charge in [0.1, 0.15) is 6.79 Å². The molecule has 2 atom stereocenters. The average Bonchev–Trinajstić information content (AvgIpc) is 1.88. The summed E-state index contributed by atoms with van der Waals surface area (Å²) in [6, 6.07) is 0. The van der Waals surface area contributed by atoms with Crippen molar-refractivity contribution in [3.63, 3.8) is 0 Å². The summed E-state index contributed by atoms with van der Waals surface area (Å²) in [6.07, 6.45) is 0.0632. The largest absolute Gasteiger partial charge is 0.356 e. The first-order valence-corrected chi connectivity index (χ1v) is 3.95. The summed E-state index contributed by atoms with van der Waals surface area (Å²) < 4.78 is 10.2. The molecule has 0 aliphatic rings. The lowest BCUT2D eigenvalue weighted by atomic mass is 10.3. The maximum absolute atomic E-state index is 5.73. The number of hydrogen-bond acceptors (Lipinski definition) is 2. The summed E-state index contributed by atoms with van der Waals surface area (Å²) in [5.74, 6) is 0. The van der Waals surface area contributed by atoms with Crippen LogP contribution in [-0.4, -0.2) is 24.9 Å². The Kier molecular flexibility index (Phi) is 6.08. The van der Waals surface area contributed by atoms with E-state index in [9.17, 15) is 0 Å². The smallest absolute Gasteiger partial charge is 0.147 e. The van der Waals surface area contributed by atoms with E-state index in [2.05, 4.69) is 0 Å². The van der Waals surface area contributed by atoms with Gasteiger partial charge in [-0.2, -0.15) is 0 Å². The quantitative estimate of drug-likeness (QED) is 0.354. The van der Waals surface area contributed by atoms with Gasteiger partial charge in [-0.25, -0.2) is 0 Å². The van der Waals surface area contributed by atoms with Crippen molar-refractivity contribution in [1.82, 2.24) is 0 Å². The van der Waals surface area contributed by atoms with Crippen LogP contribution in [0.3, 0.4) is 0 Å². The van der Waals surface area contributed by atoms with Crippen molar-refractivity contribution in [3.8, 4) is 0 Å². The van der Waals surface area contributed by atoms with Gasteiger partial charge in [0.15, 0.2) is 0 Å². The standard InChI is InChI=1S/C7H15ClO2/c1-4-9-5-10-7(3)6(2)8/h6-7H,4-5H2,1-3H3. The topological polar surface area (TPSA) is 18.5 Å². The lowest BCUT2D eigenvalue weighted by Crippen LogP contribution is -2.19. The SMILES string of the molecule is CCOCOC(C)C(C)Cl. The van der Waals surface area contributed by atoms with Crippen molar-refractivity contribution in [1.29, 1.82) is 0 Å². The molecule has 0 radical (unpaired) electrons. The number of rotatable bonds is 5. The van der Waals surface area contributed by atoms with E-state index in [0.717, 1.165) is 0 Å². The normalized spacial score (nSPS) is 16.8. The Labute approximate surface area is 67.5 Å². The molecule has 0 saturated carbocycles. The van der Waals surface area contributed by atoms with Crippen LogP contribution < -0.4 is 0 Å². The molecule has 0 aliphatic heterocycles. The van der Waals surface area contributed by atoms with E-state index < -0.39 is 0 Å². The Balaban J connectivity index is 3.13. The molecule has 0 amide bonds. The van der Waals surface area contributed by atoms with Crippen LogP contribution in [0.2, 0.25) is 0 Å². The summed E-state index contributed by atoms with van der Waals surface area (Å²) >= 11 is 5.73. The average molecular weight is 167 g/mol. The van der Waals surface area contributed by atoms with Gasteiger partial charge in [0.25, 0.3) is 0 Å². The molecular formula is C7H15ClO2. The highest BCUT2D eigenvalue weighted by molar-refractivity contribution is 6.20. The fourth-order valence-corrected chi connectivity index (χ4v) is 0.444. The predicted octanol–water partition coefficient (Wildman–Crippen LogP) is 2.01. The molecule has 3 heteroatoms. The minimum atomic E-state index is 0.0421. The van der Waals surface area contributed by atoms with E-state index >= 15 is 0 Å². The Morgan fingerprint density at radius 1 is 1.40 bits per heavy atom. The Morgan fingerprint density at radius 3 is 2.40 bits per heavy atom. The molecule has 0 saturated heterocycles. The number of halogens is 1. The predicted molar refractivity (Wildman–Crippen MR) is 42.4 cm³/mol. The third-order valence-corrected chi connectivity index (χ3v) is 1.62. The second-order valence-corrected chi connectivity index (χ2v) is 2.85. The van der Waals surface area contributed by atoms with E-state index in [1.165, 1.54) is 0 Å². The molecule has 10 heavy (non-hydrogen) atoms. The molecule has 0 bridgehead atoms. The molecule has 0 aromatic carbocycles. The fourth-order valence-electron chi connectivity index (χ4n) is 0.371. The summed E-state index contributed by atoms with van der Waals surface area (Å²) in [4.78, 5) is 0. The lowest BCUT2D eigenvalue weighted by Gasteiger charge is -2.14. The summed E-state index contributed by atoms with van der Waals surface area (Å²) in [5.41, 5.74) is 0. The van der Waals surface area contributed by atoms with E-state index in [1.54, 1.807) is 0 Å². The zero-order valence-electron chi connectivity index (χ0n) is 6.76. The van der Waals surface area contributed by atoms with Crippen LogP contribution in [0.5, 0.6) is 0 Å². The number of hydrogen-bond donors (Lipinski definition) is 0. The molecule has 0 fully saturated rings. The molecule has 0 rings (SSSR count). The Hall–Kier alpha value is 0.210. The zero-order chi connectivity index (χ0) is 7.98. The number of alkyl halides is 1. The molecule has 0 spiro atoms. The highest BCUT2D eigenvalue weighted by atomic mass is 35.5. The van der Waals surface area contributed by atoms with Crippen LogP contribution in [0.15, 0.2) is 0 Å². The first-order chi connectivity index (χ1) is 4.68.